The fourth-order valence-electron chi connectivity index (χ4n) is 1.30. The summed E-state index contributed by atoms with van der Waals surface area (Å²) in [6.45, 7) is 0.497. The molecule has 2 heterocycles. The van der Waals surface area contributed by atoms with Gasteiger partial charge in [0, 0.05) is 24.9 Å². The highest BCUT2D eigenvalue weighted by Gasteiger charge is 2.03. The van der Waals surface area contributed by atoms with Crippen LogP contribution in [0, 0.1) is 0 Å². The van der Waals surface area contributed by atoms with Gasteiger partial charge in [0.2, 0.25) is 0 Å². The molecular formula is C9H9ClN2O. The van der Waals surface area contributed by atoms with Crippen LogP contribution in [0.4, 0.5) is 0 Å². The molecule has 2 aromatic heterocycles. The van der Waals surface area contributed by atoms with E-state index >= 15 is 0 Å². The van der Waals surface area contributed by atoms with Crippen molar-refractivity contribution in [2.45, 2.75) is 6.73 Å². The van der Waals surface area contributed by atoms with Crippen LogP contribution in [0.1, 0.15) is 0 Å². The van der Waals surface area contributed by atoms with E-state index in [0.717, 1.165) is 16.1 Å². The van der Waals surface area contributed by atoms with Gasteiger partial charge in [-0.25, -0.2) is 4.98 Å². The highest BCUT2D eigenvalue weighted by Crippen LogP contribution is 2.21. The summed E-state index contributed by atoms with van der Waals surface area (Å²) in [6, 6.07) is 3.71. The Morgan fingerprint density at radius 3 is 3.15 bits per heavy atom. The van der Waals surface area contributed by atoms with Gasteiger partial charge in [0.15, 0.2) is 0 Å². The van der Waals surface area contributed by atoms with Crippen LogP contribution in [0.2, 0.25) is 5.02 Å². The van der Waals surface area contributed by atoms with Crippen LogP contribution in [-0.4, -0.2) is 16.7 Å². The van der Waals surface area contributed by atoms with Crippen LogP contribution < -0.4 is 0 Å². The van der Waals surface area contributed by atoms with E-state index in [9.17, 15) is 0 Å². The molecule has 2 rings (SSSR count). The van der Waals surface area contributed by atoms with Gasteiger partial charge in [-0.3, -0.25) is 0 Å². The minimum atomic E-state index is 0.497. The number of fused-ring (bicyclic) bond motifs is 1. The van der Waals surface area contributed by atoms with Gasteiger partial charge < -0.3 is 9.30 Å². The Hall–Kier alpha value is -1.06. The molecule has 0 N–H and O–H groups in total. The minimum Gasteiger partial charge on any atom is -0.364 e. The van der Waals surface area contributed by atoms with E-state index in [4.69, 9.17) is 16.3 Å². The number of nitrogens with zero attached hydrogens (tertiary/aromatic N) is 2. The molecule has 2 aromatic rings. The van der Waals surface area contributed by atoms with E-state index in [2.05, 4.69) is 4.98 Å². The summed E-state index contributed by atoms with van der Waals surface area (Å²) in [5, 5.41) is 1.68. The molecular weight excluding hydrogens is 188 g/mol. The normalized spacial score (nSPS) is 10.9. The molecule has 0 saturated heterocycles. The first-order valence-corrected chi connectivity index (χ1v) is 4.29. The predicted octanol–water partition coefficient (Wildman–Crippen LogP) is 2.29. The van der Waals surface area contributed by atoms with Gasteiger partial charge in [-0.2, -0.15) is 0 Å². The third kappa shape index (κ3) is 1.41. The standard InChI is InChI=1S/C9H9ClN2O/c1-13-6-12-5-3-7-8(10)2-4-11-9(7)12/h2-5H,6H2,1H3. The fourth-order valence-corrected chi connectivity index (χ4v) is 1.50. The van der Waals surface area contributed by atoms with Crippen molar-refractivity contribution in [3.8, 4) is 0 Å². The summed E-state index contributed by atoms with van der Waals surface area (Å²) in [5.41, 5.74) is 0.856. The van der Waals surface area contributed by atoms with Gasteiger partial charge in [0.05, 0.1) is 5.02 Å². The summed E-state index contributed by atoms with van der Waals surface area (Å²) in [5.74, 6) is 0. The third-order valence-corrected chi connectivity index (χ3v) is 2.21. The maximum absolute atomic E-state index is 5.98. The number of hydrogen-bond donors (Lipinski definition) is 0. The maximum Gasteiger partial charge on any atom is 0.143 e. The van der Waals surface area contributed by atoms with Crippen molar-refractivity contribution in [3.05, 3.63) is 29.5 Å². The monoisotopic (exact) mass is 196 g/mol. The molecule has 4 heteroatoms. The molecule has 0 amide bonds. The topological polar surface area (TPSA) is 27.1 Å². The fraction of sp³-hybridized carbons (Fsp3) is 0.222. The second-order valence-corrected chi connectivity index (χ2v) is 3.14. The average Bonchev–Trinajstić information content (AvgIpc) is 2.51. The number of hydrogen-bond acceptors (Lipinski definition) is 2. The summed E-state index contributed by atoms with van der Waals surface area (Å²) >= 11 is 5.98. The maximum atomic E-state index is 5.98. The summed E-state index contributed by atoms with van der Waals surface area (Å²) in [6.07, 6.45) is 3.60. The second kappa shape index (κ2) is 3.36. The van der Waals surface area contributed by atoms with Crippen LogP contribution >= 0.6 is 11.6 Å². The van der Waals surface area contributed by atoms with Crippen molar-refractivity contribution in [2.75, 3.05) is 7.11 Å². The lowest BCUT2D eigenvalue weighted by Gasteiger charge is -2.01. The third-order valence-electron chi connectivity index (χ3n) is 1.88. The molecule has 0 bridgehead atoms. The van der Waals surface area contributed by atoms with Gasteiger partial charge in [-0.15, -0.1) is 0 Å². The highest BCUT2D eigenvalue weighted by molar-refractivity contribution is 6.35. The average molecular weight is 197 g/mol. The molecule has 0 aliphatic carbocycles. The van der Waals surface area contributed by atoms with Crippen molar-refractivity contribution >= 4 is 22.6 Å². The van der Waals surface area contributed by atoms with Crippen molar-refractivity contribution in [1.82, 2.24) is 9.55 Å². The zero-order valence-corrected chi connectivity index (χ0v) is 7.95. The lowest BCUT2D eigenvalue weighted by atomic mass is 10.3. The largest absolute Gasteiger partial charge is 0.364 e. The molecule has 0 radical (unpaired) electrons. The van der Waals surface area contributed by atoms with Crippen LogP contribution in [-0.2, 0) is 11.5 Å². The Morgan fingerprint density at radius 2 is 2.38 bits per heavy atom. The van der Waals surface area contributed by atoms with Crippen molar-refractivity contribution < 1.29 is 4.74 Å². The number of aromatic nitrogens is 2. The molecule has 0 unspecified atom stereocenters. The van der Waals surface area contributed by atoms with E-state index in [0.29, 0.717) is 6.73 Å². The number of methoxy groups -OCH3 is 1. The number of rotatable bonds is 2. The Balaban J connectivity index is 2.61. The van der Waals surface area contributed by atoms with Crippen molar-refractivity contribution in [2.24, 2.45) is 0 Å². The summed E-state index contributed by atoms with van der Waals surface area (Å²) in [7, 11) is 1.65. The lowest BCUT2D eigenvalue weighted by Crippen LogP contribution is -1.98. The van der Waals surface area contributed by atoms with Crippen LogP contribution in [0.25, 0.3) is 11.0 Å². The molecule has 0 saturated carbocycles. The van der Waals surface area contributed by atoms with Gasteiger partial charge in [0.1, 0.15) is 12.4 Å². The lowest BCUT2D eigenvalue weighted by molar-refractivity contribution is 0.134. The minimum absolute atomic E-state index is 0.497. The number of pyridine rings is 1. The quantitative estimate of drug-likeness (QED) is 0.737. The van der Waals surface area contributed by atoms with Crippen LogP contribution in [0.3, 0.4) is 0 Å². The van der Waals surface area contributed by atoms with E-state index in [-0.39, 0.29) is 0 Å². The first-order chi connectivity index (χ1) is 6.33. The van der Waals surface area contributed by atoms with Gasteiger partial charge >= 0.3 is 0 Å². The summed E-state index contributed by atoms with van der Waals surface area (Å²) < 4.78 is 6.92. The Bertz CT molecular complexity index is 424. The molecule has 68 valence electrons. The zero-order valence-electron chi connectivity index (χ0n) is 7.20. The molecule has 0 fully saturated rings. The Labute approximate surface area is 80.9 Å². The molecule has 0 aliphatic rings. The van der Waals surface area contributed by atoms with Gasteiger partial charge in [-0.05, 0) is 12.1 Å². The highest BCUT2D eigenvalue weighted by atomic mass is 35.5. The molecule has 0 spiro atoms. The van der Waals surface area contributed by atoms with E-state index in [1.165, 1.54) is 0 Å². The smallest absolute Gasteiger partial charge is 0.143 e. The van der Waals surface area contributed by atoms with Crippen LogP contribution in [0.5, 0.6) is 0 Å². The molecule has 13 heavy (non-hydrogen) atoms. The van der Waals surface area contributed by atoms with Crippen LogP contribution in [0.15, 0.2) is 24.5 Å². The van der Waals surface area contributed by atoms with Crippen molar-refractivity contribution in [1.29, 1.82) is 0 Å². The first kappa shape index (κ1) is 8.53. The zero-order chi connectivity index (χ0) is 9.26. The number of halogens is 1. The van der Waals surface area contributed by atoms with Gasteiger partial charge in [-0.1, -0.05) is 11.6 Å². The predicted molar refractivity (Wildman–Crippen MR) is 51.8 cm³/mol. The van der Waals surface area contributed by atoms with E-state index in [1.807, 2.05) is 16.8 Å². The van der Waals surface area contributed by atoms with E-state index in [1.54, 1.807) is 19.4 Å². The first-order valence-electron chi connectivity index (χ1n) is 3.91. The van der Waals surface area contributed by atoms with Gasteiger partial charge in [0.25, 0.3) is 0 Å². The molecule has 3 nitrogen and oxygen atoms in total. The summed E-state index contributed by atoms with van der Waals surface area (Å²) in [4.78, 5) is 4.22. The Morgan fingerprint density at radius 1 is 1.54 bits per heavy atom. The molecule has 0 aliphatic heterocycles. The van der Waals surface area contributed by atoms with E-state index < -0.39 is 0 Å². The molecule has 0 aromatic carbocycles. The SMILES string of the molecule is COCn1ccc2c(Cl)ccnc21. The number of ether oxygens (including phenoxy) is 1. The van der Waals surface area contributed by atoms with Crippen molar-refractivity contribution in [3.63, 3.8) is 0 Å². The molecule has 0 atom stereocenters. The second-order valence-electron chi connectivity index (χ2n) is 2.73. The Kier molecular flexibility index (Phi) is 2.20.